The lowest BCUT2D eigenvalue weighted by Gasteiger charge is -2.27. The van der Waals surface area contributed by atoms with Crippen LogP contribution >= 0.6 is 12.4 Å². The number of benzene rings is 3. The zero-order chi connectivity index (χ0) is 28.1. The highest BCUT2D eigenvalue weighted by molar-refractivity contribution is 5.90. The third-order valence-electron chi connectivity index (χ3n) is 6.60. The van der Waals surface area contributed by atoms with Crippen molar-refractivity contribution in [2.45, 2.75) is 72.6 Å². The molecule has 0 aliphatic heterocycles. The van der Waals surface area contributed by atoms with E-state index in [1.807, 2.05) is 31.3 Å². The Bertz CT molecular complexity index is 1330. The minimum absolute atomic E-state index is 0. The summed E-state index contributed by atoms with van der Waals surface area (Å²) < 4.78 is 12.0. The summed E-state index contributed by atoms with van der Waals surface area (Å²) in [6.07, 6.45) is 2.34. The molecule has 0 bridgehead atoms. The first kappa shape index (κ1) is 32.2. The molecule has 39 heavy (non-hydrogen) atoms. The number of phenolic OH excluding ortho intramolecular Hbond substituents is 1. The van der Waals surface area contributed by atoms with Gasteiger partial charge in [0.15, 0.2) is 0 Å². The van der Waals surface area contributed by atoms with Crippen molar-refractivity contribution in [1.82, 2.24) is 10.3 Å². The molecule has 0 aliphatic carbocycles. The molecule has 0 radical (unpaired) electrons. The zero-order valence-electron chi connectivity index (χ0n) is 24.9. The van der Waals surface area contributed by atoms with E-state index < -0.39 is 0 Å². The number of fused-ring (bicyclic) bond motifs is 1. The molecule has 0 aliphatic rings. The Balaban J connectivity index is 0.000000998. The molecular formula is C33H45ClN2O3. The fourth-order valence-electron chi connectivity index (χ4n) is 4.27. The van der Waals surface area contributed by atoms with Gasteiger partial charge in [-0.3, -0.25) is 0 Å². The van der Waals surface area contributed by atoms with Gasteiger partial charge in [-0.1, -0.05) is 78.8 Å². The lowest BCUT2D eigenvalue weighted by atomic mass is 9.78. The van der Waals surface area contributed by atoms with Gasteiger partial charge in [-0.05, 0) is 60.5 Å². The minimum atomic E-state index is -0.208. The van der Waals surface area contributed by atoms with E-state index in [2.05, 4.69) is 85.0 Å². The number of hydrogen-bond donors (Lipinski definition) is 2. The molecule has 0 spiro atoms. The van der Waals surface area contributed by atoms with Crippen molar-refractivity contribution in [2.24, 2.45) is 0 Å². The topological polar surface area (TPSA) is 67.5 Å². The molecule has 0 atom stereocenters. The van der Waals surface area contributed by atoms with Gasteiger partial charge in [-0.2, -0.15) is 0 Å². The number of hydrogen-bond acceptors (Lipinski definition) is 5. The normalized spacial score (nSPS) is 11.5. The first-order valence-electron chi connectivity index (χ1n) is 13.4. The van der Waals surface area contributed by atoms with Gasteiger partial charge < -0.3 is 19.6 Å². The SMILES string of the molecule is CCNC.Cc1ccc(OCCc2coc(-c3cc(C(C)(C)C)c(O)c(C(C)(C)C)c3)n2)c2ccccc12.Cl. The summed E-state index contributed by atoms with van der Waals surface area (Å²) in [4.78, 5) is 4.74. The van der Waals surface area contributed by atoms with Gasteiger partial charge in [0.05, 0.1) is 12.3 Å². The minimum Gasteiger partial charge on any atom is -0.507 e. The van der Waals surface area contributed by atoms with Crippen molar-refractivity contribution in [2.75, 3.05) is 20.2 Å². The molecule has 0 unspecified atom stereocenters. The second-order valence-electron chi connectivity index (χ2n) is 11.8. The van der Waals surface area contributed by atoms with Crippen molar-refractivity contribution < 1.29 is 14.3 Å². The maximum Gasteiger partial charge on any atom is 0.226 e. The lowest BCUT2D eigenvalue weighted by Crippen LogP contribution is -2.17. The average Bonchev–Trinajstić information content (AvgIpc) is 3.33. The van der Waals surface area contributed by atoms with Crippen molar-refractivity contribution in [3.8, 4) is 23.0 Å². The van der Waals surface area contributed by atoms with Crippen LogP contribution in [0.5, 0.6) is 11.5 Å². The van der Waals surface area contributed by atoms with Crippen LogP contribution in [-0.2, 0) is 17.3 Å². The van der Waals surface area contributed by atoms with Gasteiger partial charge in [0, 0.05) is 28.5 Å². The van der Waals surface area contributed by atoms with Crippen LogP contribution in [0.15, 0.2) is 59.2 Å². The van der Waals surface area contributed by atoms with Crippen molar-refractivity contribution >= 4 is 23.2 Å². The predicted octanol–water partition coefficient (Wildman–Crippen LogP) is 8.37. The number of oxazole rings is 1. The molecule has 0 amide bonds. The van der Waals surface area contributed by atoms with E-state index >= 15 is 0 Å². The largest absolute Gasteiger partial charge is 0.507 e. The quantitative estimate of drug-likeness (QED) is 0.251. The van der Waals surface area contributed by atoms with Crippen LogP contribution in [0.3, 0.4) is 0 Å². The van der Waals surface area contributed by atoms with Crippen molar-refractivity contribution in [3.05, 3.63) is 77.2 Å². The van der Waals surface area contributed by atoms with Crippen LogP contribution in [0.25, 0.3) is 22.2 Å². The van der Waals surface area contributed by atoms with Crippen LogP contribution in [-0.4, -0.2) is 30.3 Å². The van der Waals surface area contributed by atoms with Crippen LogP contribution in [0.4, 0.5) is 0 Å². The maximum atomic E-state index is 11.0. The fraction of sp³-hybridized carbons (Fsp3) is 0.424. The molecular weight excluding hydrogens is 508 g/mol. The van der Waals surface area contributed by atoms with E-state index in [1.165, 1.54) is 10.9 Å². The average molecular weight is 553 g/mol. The number of nitrogens with one attached hydrogen (secondary N) is 1. The molecule has 5 nitrogen and oxygen atoms in total. The number of nitrogens with zero attached hydrogens (tertiary/aromatic N) is 1. The summed E-state index contributed by atoms with van der Waals surface area (Å²) in [5, 5.41) is 16.2. The molecule has 2 N–H and O–H groups in total. The van der Waals surface area contributed by atoms with Gasteiger partial charge in [-0.15, -0.1) is 12.4 Å². The second-order valence-corrected chi connectivity index (χ2v) is 11.8. The molecule has 4 aromatic rings. The number of aromatic nitrogens is 1. The highest BCUT2D eigenvalue weighted by Crippen LogP contribution is 2.41. The molecule has 3 aromatic carbocycles. The van der Waals surface area contributed by atoms with Gasteiger partial charge in [0.2, 0.25) is 5.89 Å². The Labute approximate surface area is 240 Å². The summed E-state index contributed by atoms with van der Waals surface area (Å²) >= 11 is 0. The van der Waals surface area contributed by atoms with Gasteiger partial charge in [0.25, 0.3) is 0 Å². The molecule has 0 saturated heterocycles. The highest BCUT2D eigenvalue weighted by atomic mass is 35.5. The number of phenols is 1. The maximum absolute atomic E-state index is 11.0. The van der Waals surface area contributed by atoms with E-state index in [9.17, 15) is 5.11 Å². The van der Waals surface area contributed by atoms with E-state index in [1.54, 1.807) is 6.26 Å². The first-order chi connectivity index (χ1) is 17.9. The summed E-state index contributed by atoms with van der Waals surface area (Å²) in [6.45, 7) is 18.4. The number of aromatic hydroxyl groups is 1. The third-order valence-corrected chi connectivity index (χ3v) is 6.60. The summed E-state index contributed by atoms with van der Waals surface area (Å²) in [7, 11) is 1.93. The third kappa shape index (κ3) is 8.00. The van der Waals surface area contributed by atoms with Gasteiger partial charge in [-0.25, -0.2) is 4.98 Å². The van der Waals surface area contributed by atoms with Crippen LogP contribution in [0.1, 0.15) is 70.9 Å². The Morgan fingerprint density at radius 1 is 0.923 bits per heavy atom. The molecule has 6 heteroatoms. The standard InChI is InChI=1S/C30H35NO3.C3H9N.ClH/c1-19-12-13-26(23-11-9-8-10-22(19)23)33-15-14-21-18-34-28(31-21)20-16-24(29(2,3)4)27(32)25(17-20)30(5,6)7;1-3-4-2;/h8-13,16-18,32H,14-15H2,1-7H3;4H,3H2,1-2H3;1H. The predicted molar refractivity (Wildman–Crippen MR) is 166 cm³/mol. The monoisotopic (exact) mass is 552 g/mol. The van der Waals surface area contributed by atoms with Crippen LogP contribution in [0.2, 0.25) is 0 Å². The van der Waals surface area contributed by atoms with E-state index in [0.717, 1.165) is 40.1 Å². The zero-order valence-corrected chi connectivity index (χ0v) is 25.8. The lowest BCUT2D eigenvalue weighted by molar-refractivity contribution is 0.324. The van der Waals surface area contributed by atoms with Gasteiger partial charge >= 0.3 is 0 Å². The summed E-state index contributed by atoms with van der Waals surface area (Å²) in [6, 6.07) is 16.4. The molecule has 212 valence electrons. The molecule has 0 saturated carbocycles. The Morgan fingerprint density at radius 3 is 2.03 bits per heavy atom. The molecule has 1 aromatic heterocycles. The number of halogens is 1. The summed E-state index contributed by atoms with van der Waals surface area (Å²) in [5.74, 6) is 1.80. The Kier molecular flexibility index (Phi) is 11.0. The Hall–Kier alpha value is -3.02. The molecule has 1 heterocycles. The smallest absolute Gasteiger partial charge is 0.226 e. The summed E-state index contributed by atoms with van der Waals surface area (Å²) in [5.41, 5.74) is 4.33. The highest BCUT2D eigenvalue weighted by Gasteiger charge is 2.27. The second kappa shape index (κ2) is 13.4. The number of rotatable bonds is 6. The van der Waals surface area contributed by atoms with E-state index in [0.29, 0.717) is 24.7 Å². The molecule has 4 rings (SSSR count). The van der Waals surface area contributed by atoms with Gasteiger partial charge in [0.1, 0.15) is 17.8 Å². The van der Waals surface area contributed by atoms with E-state index in [-0.39, 0.29) is 23.2 Å². The number of ether oxygens (including phenoxy) is 1. The number of aryl methyl sites for hydroxylation is 1. The van der Waals surface area contributed by atoms with Crippen LogP contribution < -0.4 is 10.1 Å². The van der Waals surface area contributed by atoms with Crippen LogP contribution in [0, 0.1) is 6.92 Å². The van der Waals surface area contributed by atoms with Crippen molar-refractivity contribution in [3.63, 3.8) is 0 Å². The first-order valence-corrected chi connectivity index (χ1v) is 13.4. The fourth-order valence-corrected chi connectivity index (χ4v) is 4.27. The van der Waals surface area contributed by atoms with Crippen molar-refractivity contribution in [1.29, 1.82) is 0 Å². The Morgan fingerprint density at radius 2 is 1.49 bits per heavy atom. The van der Waals surface area contributed by atoms with E-state index in [4.69, 9.17) is 14.1 Å². The molecule has 0 fully saturated rings.